The molecule has 144 valence electrons. The van der Waals surface area contributed by atoms with Gasteiger partial charge in [-0.1, -0.05) is 6.07 Å². The Morgan fingerprint density at radius 2 is 1.89 bits per heavy atom. The average Bonchev–Trinajstić information content (AvgIpc) is 2.95. The first-order valence-electron chi connectivity index (χ1n) is 8.36. The highest BCUT2D eigenvalue weighted by atomic mass is 32.2. The highest BCUT2D eigenvalue weighted by Gasteiger charge is 2.37. The van der Waals surface area contributed by atoms with Crippen molar-refractivity contribution in [1.29, 1.82) is 0 Å². The summed E-state index contributed by atoms with van der Waals surface area (Å²) in [5.41, 5.74) is 0.692. The lowest BCUT2D eigenvalue weighted by Crippen LogP contribution is -2.46. The summed E-state index contributed by atoms with van der Waals surface area (Å²) in [5.74, 6) is 0.362. The van der Waals surface area contributed by atoms with E-state index in [2.05, 4.69) is 0 Å². The minimum absolute atomic E-state index is 0.256. The smallest absolute Gasteiger partial charge is 0.294 e. The van der Waals surface area contributed by atoms with Gasteiger partial charge in [-0.15, -0.1) is 0 Å². The number of rotatable bonds is 5. The number of ether oxygens (including phenoxy) is 3. The van der Waals surface area contributed by atoms with E-state index >= 15 is 0 Å². The molecule has 9 heteroatoms. The van der Waals surface area contributed by atoms with E-state index in [4.69, 9.17) is 14.2 Å². The first-order chi connectivity index (χ1) is 13.0. The summed E-state index contributed by atoms with van der Waals surface area (Å²) in [6, 6.07) is 5.19. The Bertz CT molecular complexity index is 788. The molecule has 27 heavy (non-hydrogen) atoms. The Balaban J connectivity index is 1.73. The van der Waals surface area contributed by atoms with Crippen LogP contribution >= 0.6 is 11.8 Å². The molecule has 8 nitrogen and oxygen atoms in total. The van der Waals surface area contributed by atoms with Crippen LogP contribution < -0.4 is 9.47 Å². The molecule has 0 aromatic heterocycles. The largest absolute Gasteiger partial charge is 0.493 e. The summed E-state index contributed by atoms with van der Waals surface area (Å²) < 4.78 is 15.6. The monoisotopic (exact) mass is 392 g/mol. The molecular formula is C18H20N2O6S. The zero-order chi connectivity index (χ0) is 19.4. The zero-order valence-electron chi connectivity index (χ0n) is 15.1. The van der Waals surface area contributed by atoms with Crippen molar-refractivity contribution in [1.82, 2.24) is 9.80 Å². The van der Waals surface area contributed by atoms with E-state index in [0.717, 1.165) is 16.7 Å². The summed E-state index contributed by atoms with van der Waals surface area (Å²) in [6.45, 7) is 1.61. The summed E-state index contributed by atoms with van der Waals surface area (Å²) in [6.07, 6.45) is 1.60. The maximum absolute atomic E-state index is 12.6. The maximum Gasteiger partial charge on any atom is 0.294 e. The van der Waals surface area contributed by atoms with Gasteiger partial charge in [0.05, 0.1) is 32.3 Å². The van der Waals surface area contributed by atoms with E-state index < -0.39 is 11.1 Å². The number of hydrogen-bond acceptors (Lipinski definition) is 7. The number of carbonyl (C=O) groups excluding carboxylic acids is 3. The summed E-state index contributed by atoms with van der Waals surface area (Å²) in [5, 5.41) is -0.451. The van der Waals surface area contributed by atoms with Crippen LogP contribution in [0.3, 0.4) is 0 Å². The van der Waals surface area contributed by atoms with Crippen molar-refractivity contribution in [3.8, 4) is 11.5 Å². The third kappa shape index (κ3) is 4.25. The third-order valence-corrected chi connectivity index (χ3v) is 5.14. The number of hydrogen-bond donors (Lipinski definition) is 0. The van der Waals surface area contributed by atoms with E-state index in [0.29, 0.717) is 43.4 Å². The van der Waals surface area contributed by atoms with E-state index in [-0.39, 0.29) is 17.4 Å². The maximum atomic E-state index is 12.6. The molecule has 3 rings (SSSR count). The number of morpholine rings is 1. The van der Waals surface area contributed by atoms with Gasteiger partial charge in [0.1, 0.15) is 6.54 Å². The fraction of sp³-hybridized carbons (Fsp3) is 0.389. The molecule has 0 radical (unpaired) electrons. The molecule has 1 aromatic rings. The van der Waals surface area contributed by atoms with Gasteiger partial charge in [0, 0.05) is 13.1 Å². The number of imide groups is 1. The first kappa shape index (κ1) is 19.2. The normalized spacial score (nSPS) is 19.0. The van der Waals surface area contributed by atoms with Gasteiger partial charge in [-0.2, -0.15) is 0 Å². The van der Waals surface area contributed by atoms with Gasteiger partial charge in [0.15, 0.2) is 11.5 Å². The van der Waals surface area contributed by atoms with Crippen LogP contribution in [0.25, 0.3) is 6.08 Å². The number of thioether (sulfide) groups is 1. The lowest BCUT2D eigenvalue weighted by molar-refractivity contribution is -0.139. The van der Waals surface area contributed by atoms with Crippen molar-refractivity contribution < 1.29 is 28.6 Å². The van der Waals surface area contributed by atoms with Crippen molar-refractivity contribution in [2.75, 3.05) is 47.1 Å². The number of amides is 3. The van der Waals surface area contributed by atoms with Gasteiger partial charge < -0.3 is 19.1 Å². The molecule has 3 amide bonds. The molecule has 0 bridgehead atoms. The van der Waals surface area contributed by atoms with Gasteiger partial charge in [-0.05, 0) is 35.5 Å². The molecule has 2 fully saturated rings. The lowest BCUT2D eigenvalue weighted by atomic mass is 10.2. The Morgan fingerprint density at radius 1 is 1.19 bits per heavy atom. The van der Waals surface area contributed by atoms with Gasteiger partial charge in [0.2, 0.25) is 5.91 Å². The zero-order valence-corrected chi connectivity index (χ0v) is 15.9. The standard InChI is InChI=1S/C18H20N2O6S/c1-24-13-4-3-12(9-14(13)25-2)10-15-17(22)20(18(23)27-15)11-16(21)19-5-7-26-8-6-19/h3-4,9-10H,5-8,11H2,1-2H3. The summed E-state index contributed by atoms with van der Waals surface area (Å²) in [7, 11) is 3.06. The number of methoxy groups -OCH3 is 2. The van der Waals surface area contributed by atoms with Gasteiger partial charge in [-0.25, -0.2) is 0 Å². The van der Waals surface area contributed by atoms with Gasteiger partial charge in [-0.3, -0.25) is 19.3 Å². The molecule has 2 saturated heterocycles. The first-order valence-corrected chi connectivity index (χ1v) is 9.18. The van der Waals surface area contributed by atoms with Crippen molar-refractivity contribution in [2.45, 2.75) is 0 Å². The fourth-order valence-corrected chi connectivity index (χ4v) is 3.62. The highest BCUT2D eigenvalue weighted by Crippen LogP contribution is 2.34. The SMILES string of the molecule is COc1ccc(C=C2SC(=O)N(CC(=O)N3CCOCC3)C2=O)cc1OC. The van der Waals surface area contributed by atoms with Crippen LogP contribution in [0.4, 0.5) is 4.79 Å². The van der Waals surface area contributed by atoms with Crippen molar-refractivity contribution in [3.63, 3.8) is 0 Å². The van der Waals surface area contributed by atoms with Crippen LogP contribution in [-0.2, 0) is 14.3 Å². The lowest BCUT2D eigenvalue weighted by Gasteiger charge is -2.28. The minimum Gasteiger partial charge on any atom is -0.493 e. The topological polar surface area (TPSA) is 85.4 Å². The minimum atomic E-state index is -0.471. The van der Waals surface area contributed by atoms with Crippen LogP contribution in [0, 0.1) is 0 Å². The van der Waals surface area contributed by atoms with E-state index in [9.17, 15) is 14.4 Å². The highest BCUT2D eigenvalue weighted by molar-refractivity contribution is 8.18. The van der Waals surface area contributed by atoms with Crippen molar-refractivity contribution >= 4 is 34.9 Å². The molecule has 0 saturated carbocycles. The molecule has 0 atom stereocenters. The second-order valence-corrected chi connectivity index (χ2v) is 6.87. The quantitative estimate of drug-likeness (QED) is 0.704. The van der Waals surface area contributed by atoms with Crippen LogP contribution in [0.15, 0.2) is 23.1 Å². The molecular weight excluding hydrogens is 372 g/mol. The molecule has 0 aliphatic carbocycles. The summed E-state index contributed by atoms with van der Waals surface area (Å²) in [4.78, 5) is 40.0. The fourth-order valence-electron chi connectivity index (χ4n) is 2.78. The Labute approximate surface area is 161 Å². The summed E-state index contributed by atoms with van der Waals surface area (Å²) >= 11 is 0.820. The van der Waals surface area contributed by atoms with Gasteiger partial charge in [0.25, 0.3) is 11.1 Å². The number of benzene rings is 1. The van der Waals surface area contributed by atoms with E-state index in [1.54, 1.807) is 29.2 Å². The Kier molecular flexibility index (Phi) is 6.02. The van der Waals surface area contributed by atoms with Crippen LogP contribution in [-0.4, -0.2) is 73.9 Å². The predicted octanol–water partition coefficient (Wildman–Crippen LogP) is 1.60. The van der Waals surface area contributed by atoms with E-state index in [1.165, 1.54) is 14.2 Å². The van der Waals surface area contributed by atoms with Crippen LogP contribution in [0.1, 0.15) is 5.56 Å². The second-order valence-electron chi connectivity index (χ2n) is 5.88. The Hall–Kier alpha value is -2.52. The van der Waals surface area contributed by atoms with Crippen molar-refractivity contribution in [2.24, 2.45) is 0 Å². The molecule has 0 spiro atoms. The molecule has 0 N–H and O–H groups in total. The molecule has 2 aliphatic rings. The van der Waals surface area contributed by atoms with Crippen molar-refractivity contribution in [3.05, 3.63) is 28.7 Å². The van der Waals surface area contributed by atoms with E-state index in [1.807, 2.05) is 0 Å². The number of carbonyl (C=O) groups is 3. The van der Waals surface area contributed by atoms with Crippen LogP contribution in [0.5, 0.6) is 11.5 Å². The average molecular weight is 392 g/mol. The third-order valence-electron chi connectivity index (χ3n) is 4.24. The number of nitrogens with zero attached hydrogens (tertiary/aromatic N) is 2. The second kappa shape index (κ2) is 8.45. The molecule has 0 unspecified atom stereocenters. The Morgan fingerprint density at radius 3 is 2.56 bits per heavy atom. The predicted molar refractivity (Wildman–Crippen MR) is 99.6 cm³/mol. The molecule has 2 heterocycles. The molecule has 2 aliphatic heterocycles. The molecule has 1 aromatic carbocycles. The van der Waals surface area contributed by atoms with Crippen LogP contribution in [0.2, 0.25) is 0 Å². The van der Waals surface area contributed by atoms with Gasteiger partial charge >= 0.3 is 0 Å².